The van der Waals surface area contributed by atoms with Crippen LogP contribution in [0.3, 0.4) is 0 Å². The van der Waals surface area contributed by atoms with Crippen molar-refractivity contribution in [3.05, 3.63) is 34.6 Å². The fraction of sp³-hybridized carbons (Fsp3) is 0.400. The first kappa shape index (κ1) is 18.2. The normalized spacial score (nSPS) is 11.5. The van der Waals surface area contributed by atoms with Gasteiger partial charge in [0, 0.05) is 12.2 Å². The van der Waals surface area contributed by atoms with Crippen LogP contribution in [0, 0.1) is 11.2 Å². The maximum atomic E-state index is 13.8. The van der Waals surface area contributed by atoms with Gasteiger partial charge < -0.3 is 5.32 Å². The lowest BCUT2D eigenvalue weighted by Gasteiger charge is -2.16. The van der Waals surface area contributed by atoms with Gasteiger partial charge in [-0.1, -0.05) is 67.6 Å². The third-order valence-electron chi connectivity index (χ3n) is 2.73. The number of hydrogen-bond donors (Lipinski definition) is 1. The number of benzene rings is 1. The Hall–Kier alpha value is -1.18. The number of aromatic nitrogens is 2. The summed E-state index contributed by atoms with van der Waals surface area (Å²) in [5.74, 6) is -0.104. The number of carbonyl (C=O) groups excluding carboxylic acids is 1. The van der Waals surface area contributed by atoms with Gasteiger partial charge in [0.25, 0.3) is 0 Å². The molecular weight excluding hydrogens is 357 g/mol. The van der Waals surface area contributed by atoms with Crippen molar-refractivity contribution in [2.45, 2.75) is 37.3 Å². The number of amides is 1. The van der Waals surface area contributed by atoms with Gasteiger partial charge in [0.05, 0.1) is 5.02 Å². The maximum Gasteiger partial charge on any atom is 0.226 e. The topological polar surface area (TPSA) is 54.9 Å². The van der Waals surface area contributed by atoms with Crippen molar-refractivity contribution >= 4 is 45.7 Å². The van der Waals surface area contributed by atoms with E-state index < -0.39 is 5.82 Å². The third-order valence-corrected chi connectivity index (χ3v) is 5.04. The van der Waals surface area contributed by atoms with Gasteiger partial charge in [-0.25, -0.2) is 4.39 Å². The Kier molecular flexibility index (Phi) is 6.00. The third kappa shape index (κ3) is 5.75. The lowest BCUT2D eigenvalue weighted by molar-refractivity contribution is -0.117. The van der Waals surface area contributed by atoms with Crippen molar-refractivity contribution in [1.29, 1.82) is 0 Å². The Balaban J connectivity index is 1.92. The second-order valence-electron chi connectivity index (χ2n) is 6.16. The minimum absolute atomic E-state index is 0.0868. The van der Waals surface area contributed by atoms with Crippen LogP contribution in [-0.4, -0.2) is 16.1 Å². The molecule has 124 valence electrons. The Labute approximate surface area is 147 Å². The van der Waals surface area contributed by atoms with Gasteiger partial charge in [-0.15, -0.1) is 10.2 Å². The number of anilines is 1. The van der Waals surface area contributed by atoms with E-state index in [4.69, 9.17) is 11.6 Å². The van der Waals surface area contributed by atoms with E-state index in [1.54, 1.807) is 12.1 Å². The Morgan fingerprint density at radius 1 is 1.39 bits per heavy atom. The molecular formula is C15H17ClFN3OS2. The quantitative estimate of drug-likeness (QED) is 0.592. The van der Waals surface area contributed by atoms with E-state index in [0.29, 0.717) is 27.2 Å². The van der Waals surface area contributed by atoms with Crippen molar-refractivity contribution < 1.29 is 9.18 Å². The molecule has 0 fully saturated rings. The summed E-state index contributed by atoms with van der Waals surface area (Å²) < 4.78 is 14.5. The highest BCUT2D eigenvalue weighted by Gasteiger charge is 2.17. The molecule has 0 spiro atoms. The van der Waals surface area contributed by atoms with E-state index >= 15 is 0 Å². The molecule has 0 aliphatic heterocycles. The maximum absolute atomic E-state index is 13.8. The van der Waals surface area contributed by atoms with Crippen molar-refractivity contribution in [3.8, 4) is 0 Å². The van der Waals surface area contributed by atoms with Crippen molar-refractivity contribution in [2.75, 3.05) is 5.32 Å². The molecule has 1 N–H and O–H groups in total. The number of halogens is 2. The zero-order chi connectivity index (χ0) is 17.0. The van der Waals surface area contributed by atoms with Gasteiger partial charge in [-0.05, 0) is 17.0 Å². The summed E-state index contributed by atoms with van der Waals surface area (Å²) in [5, 5.41) is 11.2. The zero-order valence-electron chi connectivity index (χ0n) is 13.0. The molecule has 0 unspecified atom stereocenters. The van der Waals surface area contributed by atoms with E-state index in [1.807, 2.05) is 20.8 Å². The molecule has 0 bridgehead atoms. The molecule has 0 saturated heterocycles. The zero-order valence-corrected chi connectivity index (χ0v) is 15.4. The first-order valence-electron chi connectivity index (χ1n) is 6.94. The van der Waals surface area contributed by atoms with E-state index in [9.17, 15) is 9.18 Å². The number of nitrogens with one attached hydrogen (secondary N) is 1. The molecule has 2 rings (SSSR count). The molecule has 0 aliphatic rings. The van der Waals surface area contributed by atoms with Crippen LogP contribution < -0.4 is 5.32 Å². The van der Waals surface area contributed by atoms with Gasteiger partial charge in [-0.2, -0.15) is 0 Å². The van der Waals surface area contributed by atoms with E-state index in [0.717, 1.165) is 0 Å². The van der Waals surface area contributed by atoms with Crippen LogP contribution in [0.1, 0.15) is 32.8 Å². The van der Waals surface area contributed by atoms with Crippen LogP contribution in [0.5, 0.6) is 0 Å². The van der Waals surface area contributed by atoms with Gasteiger partial charge in [0.2, 0.25) is 11.0 Å². The predicted octanol–water partition coefficient (Wildman–Crippen LogP) is 5.00. The Bertz CT molecular complexity index is 700. The summed E-state index contributed by atoms with van der Waals surface area (Å²) in [6.45, 7) is 5.98. The number of hydrogen-bond acceptors (Lipinski definition) is 5. The molecule has 0 atom stereocenters. The minimum atomic E-state index is -0.412. The standard InChI is InChI=1S/C15H17ClFN3OS2/c1-15(2,3)7-11(21)18-13-19-20-14(23-13)22-8-9-5-4-6-10(16)12(9)17/h4-6H,7-8H2,1-3H3,(H,18,19,21). The number of thioether (sulfide) groups is 1. The average Bonchev–Trinajstić information content (AvgIpc) is 2.85. The first-order valence-corrected chi connectivity index (χ1v) is 9.12. The van der Waals surface area contributed by atoms with E-state index in [-0.39, 0.29) is 16.3 Å². The second kappa shape index (κ2) is 7.59. The van der Waals surface area contributed by atoms with E-state index in [1.165, 1.54) is 29.2 Å². The van der Waals surface area contributed by atoms with Crippen LogP contribution in [0.4, 0.5) is 9.52 Å². The number of nitrogens with zero attached hydrogens (tertiary/aromatic N) is 2. The van der Waals surface area contributed by atoms with Gasteiger partial charge in [0.1, 0.15) is 5.82 Å². The molecule has 8 heteroatoms. The fourth-order valence-corrected chi connectivity index (χ4v) is 3.70. The highest BCUT2D eigenvalue weighted by Crippen LogP contribution is 2.30. The molecule has 1 aromatic heterocycles. The second-order valence-corrected chi connectivity index (χ2v) is 8.77. The van der Waals surface area contributed by atoms with Crippen LogP contribution in [-0.2, 0) is 10.5 Å². The van der Waals surface area contributed by atoms with Crippen LogP contribution in [0.2, 0.25) is 5.02 Å². The summed E-state index contributed by atoms with van der Waals surface area (Å²) in [6, 6.07) is 4.90. The van der Waals surface area contributed by atoms with Crippen LogP contribution in [0.15, 0.2) is 22.5 Å². The largest absolute Gasteiger partial charge is 0.300 e. The molecule has 23 heavy (non-hydrogen) atoms. The SMILES string of the molecule is CC(C)(C)CC(=O)Nc1nnc(SCc2cccc(Cl)c2F)s1. The lowest BCUT2D eigenvalue weighted by Crippen LogP contribution is -2.19. The van der Waals surface area contributed by atoms with Crippen LogP contribution in [0.25, 0.3) is 0 Å². The lowest BCUT2D eigenvalue weighted by atomic mass is 9.92. The van der Waals surface area contributed by atoms with Gasteiger partial charge in [-0.3, -0.25) is 4.79 Å². The summed E-state index contributed by atoms with van der Waals surface area (Å²) in [6.07, 6.45) is 0.406. The fourth-order valence-electron chi connectivity index (χ4n) is 1.76. The number of rotatable bonds is 5. The Morgan fingerprint density at radius 3 is 2.83 bits per heavy atom. The van der Waals surface area contributed by atoms with Crippen molar-refractivity contribution in [3.63, 3.8) is 0 Å². The summed E-state index contributed by atoms with van der Waals surface area (Å²) in [4.78, 5) is 11.9. The highest BCUT2D eigenvalue weighted by molar-refractivity contribution is 8.00. The molecule has 1 amide bonds. The van der Waals surface area contributed by atoms with Crippen LogP contribution >= 0.6 is 34.7 Å². The molecule has 0 saturated carbocycles. The molecule has 1 aromatic carbocycles. The Morgan fingerprint density at radius 2 is 2.13 bits per heavy atom. The predicted molar refractivity (Wildman–Crippen MR) is 93.6 cm³/mol. The number of carbonyl (C=O) groups is 1. The molecule has 4 nitrogen and oxygen atoms in total. The highest BCUT2D eigenvalue weighted by atomic mass is 35.5. The average molecular weight is 374 g/mol. The smallest absolute Gasteiger partial charge is 0.226 e. The first-order chi connectivity index (χ1) is 10.7. The summed E-state index contributed by atoms with van der Waals surface area (Å²) in [7, 11) is 0. The van der Waals surface area contributed by atoms with Crippen molar-refractivity contribution in [2.24, 2.45) is 5.41 Å². The molecule has 0 aliphatic carbocycles. The molecule has 2 aromatic rings. The monoisotopic (exact) mass is 373 g/mol. The van der Waals surface area contributed by atoms with Gasteiger partial charge >= 0.3 is 0 Å². The molecule has 0 radical (unpaired) electrons. The summed E-state index contributed by atoms with van der Waals surface area (Å²) in [5.41, 5.74) is 0.423. The van der Waals surface area contributed by atoms with E-state index in [2.05, 4.69) is 15.5 Å². The van der Waals surface area contributed by atoms with Crippen molar-refractivity contribution in [1.82, 2.24) is 10.2 Å². The molecule has 1 heterocycles. The van der Waals surface area contributed by atoms with Gasteiger partial charge in [0.15, 0.2) is 4.34 Å². The minimum Gasteiger partial charge on any atom is -0.300 e. The summed E-state index contributed by atoms with van der Waals surface area (Å²) >= 11 is 8.37.